The first-order valence-electron chi connectivity index (χ1n) is 10.3. The van der Waals surface area contributed by atoms with Gasteiger partial charge >= 0.3 is 5.97 Å². The number of imide groups is 1. The second-order valence-electron chi connectivity index (χ2n) is 7.99. The topological polar surface area (TPSA) is 80.8 Å². The van der Waals surface area contributed by atoms with Gasteiger partial charge in [0.25, 0.3) is 0 Å². The van der Waals surface area contributed by atoms with Crippen molar-refractivity contribution in [2.75, 3.05) is 4.90 Å². The van der Waals surface area contributed by atoms with Crippen LogP contribution in [0, 0.1) is 17.8 Å². The van der Waals surface area contributed by atoms with Crippen LogP contribution in [0.2, 0.25) is 0 Å². The zero-order valence-electron chi connectivity index (χ0n) is 17.4. The number of fused-ring (bicyclic) bond motifs is 1. The molecule has 1 fully saturated rings. The van der Waals surface area contributed by atoms with Gasteiger partial charge in [-0.2, -0.15) is 0 Å². The van der Waals surface area contributed by atoms with Crippen LogP contribution < -0.4 is 4.90 Å². The first-order valence-corrected chi connectivity index (χ1v) is 10.3. The molecular weight excluding hydrogens is 394 g/mol. The molecule has 2 aromatic carbocycles. The third-order valence-corrected chi connectivity index (χ3v) is 5.95. The van der Waals surface area contributed by atoms with E-state index in [1.807, 2.05) is 19.1 Å². The number of benzene rings is 2. The van der Waals surface area contributed by atoms with Crippen molar-refractivity contribution >= 4 is 29.3 Å². The number of amides is 2. The molecule has 158 valence electrons. The van der Waals surface area contributed by atoms with Gasteiger partial charge in [0.1, 0.15) is 0 Å². The molecule has 0 aromatic heterocycles. The van der Waals surface area contributed by atoms with Gasteiger partial charge in [-0.05, 0) is 43.5 Å². The fraction of sp³-hybridized carbons (Fsp3) is 0.280. The Morgan fingerprint density at radius 2 is 1.65 bits per heavy atom. The van der Waals surface area contributed by atoms with Crippen molar-refractivity contribution in [1.82, 2.24) is 0 Å². The molecule has 4 rings (SSSR count). The molecular formula is C25H23NO5. The van der Waals surface area contributed by atoms with Gasteiger partial charge in [-0.25, -0.2) is 4.79 Å². The largest absolute Gasteiger partial charge is 0.451 e. The number of nitrogens with zero attached hydrogens (tertiary/aromatic N) is 1. The number of Topliss-reactive ketones (excluding diaryl/α,β-unsaturated/α-hetero) is 1. The van der Waals surface area contributed by atoms with Gasteiger partial charge in [0.05, 0.1) is 23.1 Å². The Morgan fingerprint density at radius 1 is 0.968 bits per heavy atom. The first kappa shape index (κ1) is 20.7. The molecule has 1 heterocycles. The minimum atomic E-state index is -0.937. The molecule has 2 aliphatic rings. The quantitative estimate of drug-likeness (QED) is 0.320. The fourth-order valence-electron chi connectivity index (χ4n) is 4.27. The van der Waals surface area contributed by atoms with Gasteiger partial charge in [0.15, 0.2) is 6.10 Å². The van der Waals surface area contributed by atoms with Crippen LogP contribution in [0.5, 0.6) is 0 Å². The van der Waals surface area contributed by atoms with Crippen LogP contribution in [-0.4, -0.2) is 29.7 Å². The van der Waals surface area contributed by atoms with E-state index in [1.54, 1.807) is 42.5 Å². The fourth-order valence-corrected chi connectivity index (χ4v) is 4.27. The van der Waals surface area contributed by atoms with E-state index in [-0.39, 0.29) is 40.9 Å². The Labute approximate surface area is 180 Å². The molecule has 6 nitrogen and oxygen atoms in total. The molecule has 0 radical (unpaired) electrons. The lowest BCUT2D eigenvalue weighted by molar-refractivity contribution is -0.122. The Hall–Kier alpha value is -3.54. The number of esters is 1. The summed E-state index contributed by atoms with van der Waals surface area (Å²) in [4.78, 5) is 51.8. The molecule has 0 saturated carbocycles. The van der Waals surface area contributed by atoms with E-state index in [0.717, 1.165) is 0 Å². The van der Waals surface area contributed by atoms with Crippen molar-refractivity contribution in [2.24, 2.45) is 17.8 Å². The molecule has 0 spiro atoms. The van der Waals surface area contributed by atoms with E-state index in [1.165, 1.54) is 24.0 Å². The number of ether oxygens (including phenoxy) is 1. The normalized spacial score (nSPS) is 23.4. The van der Waals surface area contributed by atoms with Crippen molar-refractivity contribution in [3.63, 3.8) is 0 Å². The summed E-state index contributed by atoms with van der Waals surface area (Å²) < 4.78 is 5.31. The van der Waals surface area contributed by atoms with E-state index in [0.29, 0.717) is 17.7 Å². The molecule has 1 aliphatic heterocycles. The predicted octanol–water partition coefficient (Wildman–Crippen LogP) is 3.82. The molecule has 2 aromatic rings. The third kappa shape index (κ3) is 3.81. The van der Waals surface area contributed by atoms with E-state index in [4.69, 9.17) is 4.74 Å². The molecule has 4 atom stereocenters. The van der Waals surface area contributed by atoms with Crippen LogP contribution in [-0.2, 0) is 14.3 Å². The lowest BCUT2D eigenvalue weighted by Gasteiger charge is -2.22. The zero-order chi connectivity index (χ0) is 22.1. The summed E-state index contributed by atoms with van der Waals surface area (Å²) in [7, 11) is 0. The van der Waals surface area contributed by atoms with Crippen molar-refractivity contribution in [3.8, 4) is 0 Å². The predicted molar refractivity (Wildman–Crippen MR) is 114 cm³/mol. The van der Waals surface area contributed by atoms with Crippen molar-refractivity contribution < 1.29 is 23.9 Å². The van der Waals surface area contributed by atoms with Gasteiger partial charge < -0.3 is 4.74 Å². The Kier molecular flexibility index (Phi) is 5.55. The van der Waals surface area contributed by atoms with Crippen molar-refractivity contribution in [3.05, 3.63) is 77.9 Å². The number of ketones is 1. The summed E-state index contributed by atoms with van der Waals surface area (Å²) in [5, 5.41) is 0. The molecule has 0 bridgehead atoms. The number of carbonyl (C=O) groups is 4. The molecule has 0 N–H and O–H groups in total. The number of allylic oxidation sites excluding steroid dienone is 2. The maximum atomic E-state index is 12.9. The summed E-state index contributed by atoms with van der Waals surface area (Å²) in [6.45, 7) is 3.47. The highest BCUT2D eigenvalue weighted by Crippen LogP contribution is 2.40. The maximum absolute atomic E-state index is 12.9. The zero-order valence-corrected chi connectivity index (χ0v) is 17.4. The highest BCUT2D eigenvalue weighted by molar-refractivity contribution is 6.22. The minimum Gasteiger partial charge on any atom is -0.451 e. The standard InChI is InChI=1S/C25H23NO5/c1-15-7-6-10-20-21(15)24(29)26(23(20)28)19-13-11-18(12-14-19)25(30)31-16(2)22(27)17-8-4-3-5-9-17/h3-9,11-16,20-21H,10H2,1-2H3/t15-,16+,20+,21-/m1/s1. The third-order valence-electron chi connectivity index (χ3n) is 5.95. The summed E-state index contributed by atoms with van der Waals surface area (Å²) in [5.74, 6) is -2.00. The summed E-state index contributed by atoms with van der Waals surface area (Å²) in [6.07, 6.45) is 3.56. The highest BCUT2D eigenvalue weighted by atomic mass is 16.5. The molecule has 0 unspecified atom stereocenters. The van der Waals surface area contributed by atoms with Crippen LogP contribution in [0.1, 0.15) is 41.0 Å². The van der Waals surface area contributed by atoms with Crippen LogP contribution >= 0.6 is 0 Å². The van der Waals surface area contributed by atoms with Crippen LogP contribution in [0.25, 0.3) is 0 Å². The van der Waals surface area contributed by atoms with Crippen molar-refractivity contribution in [1.29, 1.82) is 0 Å². The van der Waals surface area contributed by atoms with Gasteiger partial charge in [-0.15, -0.1) is 0 Å². The van der Waals surface area contributed by atoms with Crippen LogP contribution in [0.15, 0.2) is 66.7 Å². The van der Waals surface area contributed by atoms with E-state index < -0.39 is 12.1 Å². The van der Waals surface area contributed by atoms with Gasteiger partial charge in [0, 0.05) is 5.56 Å². The van der Waals surface area contributed by atoms with Crippen molar-refractivity contribution in [2.45, 2.75) is 26.4 Å². The first-order chi connectivity index (χ1) is 14.9. The van der Waals surface area contributed by atoms with Gasteiger partial charge in [-0.1, -0.05) is 49.4 Å². The van der Waals surface area contributed by atoms with Crippen LogP contribution in [0.4, 0.5) is 5.69 Å². The lowest BCUT2D eigenvalue weighted by atomic mass is 9.78. The SMILES string of the molecule is C[C@H](OC(=O)c1ccc(N2C(=O)[C@@H]3[C@H](C)C=CC[C@@H]3C2=O)cc1)C(=O)c1ccccc1. The Morgan fingerprint density at radius 3 is 2.29 bits per heavy atom. The Balaban J connectivity index is 1.46. The maximum Gasteiger partial charge on any atom is 0.338 e. The Bertz CT molecular complexity index is 1060. The number of rotatable bonds is 5. The average molecular weight is 417 g/mol. The summed E-state index contributed by atoms with van der Waals surface area (Å²) >= 11 is 0. The van der Waals surface area contributed by atoms with E-state index >= 15 is 0 Å². The molecule has 1 aliphatic carbocycles. The van der Waals surface area contributed by atoms with Gasteiger partial charge in [-0.3, -0.25) is 19.3 Å². The minimum absolute atomic E-state index is 0.0121. The average Bonchev–Trinajstić information content (AvgIpc) is 3.05. The highest BCUT2D eigenvalue weighted by Gasteiger charge is 2.50. The van der Waals surface area contributed by atoms with E-state index in [2.05, 4.69) is 0 Å². The lowest BCUT2D eigenvalue weighted by Crippen LogP contribution is -2.31. The summed E-state index contributed by atoms with van der Waals surface area (Å²) in [5.41, 5.74) is 1.14. The molecule has 2 amide bonds. The number of carbonyl (C=O) groups excluding carboxylic acids is 4. The monoisotopic (exact) mass is 417 g/mol. The second-order valence-corrected chi connectivity index (χ2v) is 7.99. The van der Waals surface area contributed by atoms with Gasteiger partial charge in [0.2, 0.25) is 17.6 Å². The second kappa shape index (κ2) is 8.30. The number of hydrogen-bond acceptors (Lipinski definition) is 5. The number of hydrogen-bond donors (Lipinski definition) is 0. The number of anilines is 1. The van der Waals surface area contributed by atoms with E-state index in [9.17, 15) is 19.2 Å². The molecule has 1 saturated heterocycles. The summed E-state index contributed by atoms with van der Waals surface area (Å²) in [6, 6.07) is 14.7. The smallest absolute Gasteiger partial charge is 0.338 e. The molecule has 6 heteroatoms. The molecule has 31 heavy (non-hydrogen) atoms. The van der Waals surface area contributed by atoms with Crippen LogP contribution in [0.3, 0.4) is 0 Å².